The van der Waals surface area contributed by atoms with Gasteiger partial charge in [-0.1, -0.05) is 30.3 Å². The van der Waals surface area contributed by atoms with Crippen LogP contribution in [0.2, 0.25) is 0 Å². The predicted octanol–water partition coefficient (Wildman–Crippen LogP) is 0.374. The second-order valence-electron chi connectivity index (χ2n) is 7.02. The Hall–Kier alpha value is -2.29. The van der Waals surface area contributed by atoms with Gasteiger partial charge in [-0.25, -0.2) is 12.8 Å². The summed E-state index contributed by atoms with van der Waals surface area (Å²) in [7, 11) is -1.79. The molecule has 0 spiro atoms. The molecule has 0 unspecified atom stereocenters. The highest BCUT2D eigenvalue weighted by Gasteiger charge is 2.31. The Morgan fingerprint density at radius 1 is 1.11 bits per heavy atom. The molecule has 8 heteroatoms. The first-order valence-electron chi connectivity index (χ1n) is 9.23. The van der Waals surface area contributed by atoms with E-state index in [1.807, 2.05) is 0 Å². The molecule has 1 aliphatic rings. The Morgan fingerprint density at radius 3 is 2.43 bits per heavy atom. The highest BCUT2D eigenvalue weighted by Crippen LogP contribution is 2.14. The maximum absolute atomic E-state index is 13.3. The van der Waals surface area contributed by atoms with Gasteiger partial charge in [0.2, 0.25) is 10.0 Å². The Bertz CT molecular complexity index is 913. The molecule has 2 aromatic rings. The number of benzene rings is 2. The number of nitrogens with zero attached hydrogens (tertiary/aromatic N) is 2. The summed E-state index contributed by atoms with van der Waals surface area (Å²) in [4.78, 5) is 15.4. The third-order valence-corrected chi connectivity index (χ3v) is 6.86. The van der Waals surface area contributed by atoms with Crippen molar-refractivity contribution in [1.29, 1.82) is 0 Å². The molecule has 0 bridgehead atoms. The van der Waals surface area contributed by atoms with E-state index in [9.17, 15) is 17.6 Å². The van der Waals surface area contributed by atoms with Crippen molar-refractivity contribution in [2.75, 3.05) is 39.8 Å². The van der Waals surface area contributed by atoms with Gasteiger partial charge in [-0.05, 0) is 29.8 Å². The number of nitrogens with one attached hydrogen (secondary N) is 1. The fraction of sp³-hybridized carbons (Fsp3) is 0.350. The predicted molar refractivity (Wildman–Crippen MR) is 104 cm³/mol. The molecule has 0 radical (unpaired) electrons. The van der Waals surface area contributed by atoms with E-state index in [4.69, 9.17) is 0 Å². The van der Waals surface area contributed by atoms with E-state index in [0.717, 1.165) is 10.5 Å². The first-order chi connectivity index (χ1) is 13.4. The van der Waals surface area contributed by atoms with Crippen LogP contribution in [-0.2, 0) is 21.4 Å². The third kappa shape index (κ3) is 4.95. The van der Waals surface area contributed by atoms with Crippen LogP contribution in [0.25, 0.3) is 0 Å². The summed E-state index contributed by atoms with van der Waals surface area (Å²) in [6.45, 7) is 2.56. The van der Waals surface area contributed by atoms with E-state index in [-0.39, 0.29) is 11.7 Å². The van der Waals surface area contributed by atoms with Gasteiger partial charge < -0.3 is 9.80 Å². The summed E-state index contributed by atoms with van der Waals surface area (Å²) >= 11 is 0. The van der Waals surface area contributed by atoms with Crippen molar-refractivity contribution in [1.82, 2.24) is 9.21 Å². The van der Waals surface area contributed by atoms with E-state index in [2.05, 4.69) is 0 Å². The summed E-state index contributed by atoms with van der Waals surface area (Å²) in [5.41, 5.74) is 0.740. The summed E-state index contributed by atoms with van der Waals surface area (Å²) in [6, 6.07) is 14.6. The van der Waals surface area contributed by atoms with Crippen molar-refractivity contribution < 1.29 is 22.5 Å². The molecular weight excluding hydrogens is 381 g/mol. The number of carbonyl (C=O) groups is 1. The van der Waals surface area contributed by atoms with E-state index >= 15 is 0 Å². The second kappa shape index (κ2) is 8.81. The van der Waals surface area contributed by atoms with Gasteiger partial charge in [-0.3, -0.25) is 4.79 Å². The van der Waals surface area contributed by atoms with Crippen molar-refractivity contribution in [3.05, 3.63) is 66.0 Å². The van der Waals surface area contributed by atoms with Crippen LogP contribution in [0.3, 0.4) is 0 Å². The molecule has 1 heterocycles. The Labute approximate surface area is 165 Å². The molecule has 2 aromatic carbocycles. The van der Waals surface area contributed by atoms with E-state index < -0.39 is 10.0 Å². The van der Waals surface area contributed by atoms with Crippen molar-refractivity contribution in [2.45, 2.75) is 11.4 Å². The number of halogens is 1. The lowest BCUT2D eigenvalue weighted by Crippen LogP contribution is -3.15. The van der Waals surface area contributed by atoms with Crippen LogP contribution in [-0.4, -0.2) is 63.3 Å². The Kier molecular flexibility index (Phi) is 6.43. The zero-order valence-corrected chi connectivity index (χ0v) is 16.7. The molecule has 0 aromatic heterocycles. The normalized spacial score (nSPS) is 16.1. The Morgan fingerprint density at radius 2 is 1.79 bits per heavy atom. The van der Waals surface area contributed by atoms with Crippen LogP contribution in [0.15, 0.2) is 59.5 Å². The molecule has 1 N–H and O–H groups in total. The number of amides is 1. The Balaban J connectivity index is 1.52. The van der Waals surface area contributed by atoms with Crippen LogP contribution >= 0.6 is 0 Å². The number of hydrogen-bond donors (Lipinski definition) is 1. The average molecular weight is 407 g/mol. The van der Waals surface area contributed by atoms with Gasteiger partial charge in [0.1, 0.15) is 5.82 Å². The van der Waals surface area contributed by atoms with Crippen LogP contribution < -0.4 is 4.90 Å². The largest absolute Gasteiger partial charge is 0.337 e. The number of carbonyl (C=O) groups excluding carboxylic acids is 1. The smallest absolute Gasteiger partial charge is 0.277 e. The number of hydrogen-bond acceptors (Lipinski definition) is 3. The van der Waals surface area contributed by atoms with Crippen LogP contribution in [0.5, 0.6) is 0 Å². The minimum Gasteiger partial charge on any atom is -0.337 e. The van der Waals surface area contributed by atoms with Gasteiger partial charge in [0, 0.05) is 13.6 Å². The zero-order valence-electron chi connectivity index (χ0n) is 15.8. The minimum atomic E-state index is -3.49. The molecule has 0 atom stereocenters. The molecule has 1 fully saturated rings. The topological polar surface area (TPSA) is 62.1 Å². The summed E-state index contributed by atoms with van der Waals surface area (Å²) in [5, 5.41) is 0. The molecule has 1 amide bonds. The molecule has 1 aliphatic heterocycles. The highest BCUT2D eigenvalue weighted by atomic mass is 32.2. The number of quaternary nitrogens is 1. The average Bonchev–Trinajstić information content (AvgIpc) is 2.69. The minimum absolute atomic E-state index is 0.0429. The van der Waals surface area contributed by atoms with E-state index in [1.165, 1.54) is 16.4 Å². The molecule has 150 valence electrons. The van der Waals surface area contributed by atoms with Crippen LogP contribution in [0.4, 0.5) is 4.39 Å². The number of rotatable bonds is 6. The lowest BCUT2D eigenvalue weighted by atomic mass is 10.2. The molecule has 6 nitrogen and oxygen atoms in total. The molecular formula is C20H25FN3O3S+. The maximum Gasteiger partial charge on any atom is 0.277 e. The standard InChI is InChI=1S/C20H24FN3O3S/c1-22(15-17-6-5-7-18(21)14-17)20(25)16-23-10-12-24(13-11-23)28(26,27)19-8-3-2-4-9-19/h2-9,14H,10-13,15-16H2,1H3/p+1. The van der Waals surface area contributed by atoms with Gasteiger partial charge in [0.15, 0.2) is 6.54 Å². The molecule has 0 saturated carbocycles. The number of piperazine rings is 1. The number of likely N-dealkylation sites (N-methyl/N-ethyl adjacent to an activating group) is 1. The third-order valence-electron chi connectivity index (χ3n) is 4.95. The zero-order chi connectivity index (χ0) is 20.1. The van der Waals surface area contributed by atoms with E-state index in [1.54, 1.807) is 54.4 Å². The summed E-state index contributed by atoms with van der Waals surface area (Å²) in [5.74, 6) is -0.363. The monoisotopic (exact) mass is 406 g/mol. The van der Waals surface area contributed by atoms with Crippen molar-refractivity contribution in [3.63, 3.8) is 0 Å². The van der Waals surface area contributed by atoms with Gasteiger partial charge in [0.25, 0.3) is 5.91 Å². The fourth-order valence-corrected chi connectivity index (χ4v) is 4.77. The van der Waals surface area contributed by atoms with Crippen molar-refractivity contribution in [2.24, 2.45) is 0 Å². The van der Waals surface area contributed by atoms with Gasteiger partial charge in [-0.2, -0.15) is 4.31 Å². The van der Waals surface area contributed by atoms with Crippen molar-refractivity contribution in [3.8, 4) is 0 Å². The van der Waals surface area contributed by atoms with Crippen LogP contribution in [0, 0.1) is 5.82 Å². The van der Waals surface area contributed by atoms with E-state index in [0.29, 0.717) is 44.2 Å². The quantitative estimate of drug-likeness (QED) is 0.754. The first-order valence-corrected chi connectivity index (χ1v) is 10.7. The maximum atomic E-state index is 13.3. The van der Waals surface area contributed by atoms with Gasteiger partial charge in [-0.15, -0.1) is 0 Å². The SMILES string of the molecule is CN(Cc1cccc(F)c1)C(=O)C[NH+]1CCN(S(=O)(=O)c2ccccc2)CC1. The molecule has 1 saturated heterocycles. The van der Waals surface area contributed by atoms with Gasteiger partial charge >= 0.3 is 0 Å². The molecule has 0 aliphatic carbocycles. The first kappa shape index (κ1) is 20.4. The second-order valence-corrected chi connectivity index (χ2v) is 8.96. The fourth-order valence-electron chi connectivity index (χ4n) is 3.31. The van der Waals surface area contributed by atoms with Gasteiger partial charge in [0.05, 0.1) is 31.1 Å². The summed E-state index contributed by atoms with van der Waals surface area (Å²) < 4.78 is 40.1. The highest BCUT2D eigenvalue weighted by molar-refractivity contribution is 7.89. The lowest BCUT2D eigenvalue weighted by Gasteiger charge is -2.32. The lowest BCUT2D eigenvalue weighted by molar-refractivity contribution is -0.896. The van der Waals surface area contributed by atoms with Crippen molar-refractivity contribution >= 4 is 15.9 Å². The summed E-state index contributed by atoms with van der Waals surface area (Å²) in [6.07, 6.45) is 0. The number of sulfonamides is 1. The molecule has 28 heavy (non-hydrogen) atoms. The van der Waals surface area contributed by atoms with Crippen LogP contribution in [0.1, 0.15) is 5.56 Å². The molecule has 3 rings (SSSR count).